The summed E-state index contributed by atoms with van der Waals surface area (Å²) in [6.45, 7) is 5.86. The van der Waals surface area contributed by atoms with E-state index in [1.54, 1.807) is 7.11 Å². The van der Waals surface area contributed by atoms with Gasteiger partial charge in [-0.2, -0.15) is 0 Å². The minimum absolute atomic E-state index is 0.0227. The fraction of sp³-hybridized carbons (Fsp3) is 0.320. The van der Waals surface area contributed by atoms with E-state index in [0.717, 1.165) is 48.0 Å². The lowest BCUT2D eigenvalue weighted by Crippen LogP contribution is -2.33. The second-order valence-corrected chi connectivity index (χ2v) is 7.74. The summed E-state index contributed by atoms with van der Waals surface area (Å²) in [6, 6.07) is 20.1. The fourth-order valence-corrected chi connectivity index (χ4v) is 4.17. The number of hydrogen-bond acceptors (Lipinski definition) is 3. The van der Waals surface area contributed by atoms with Crippen LogP contribution < -0.4 is 10.1 Å². The summed E-state index contributed by atoms with van der Waals surface area (Å²) in [5.74, 6) is 0.766. The number of benzene rings is 2. The zero-order valence-electron chi connectivity index (χ0n) is 17.7. The van der Waals surface area contributed by atoms with E-state index in [2.05, 4.69) is 26.9 Å². The molecule has 0 unspecified atom stereocenters. The molecule has 5 heteroatoms. The van der Waals surface area contributed by atoms with Gasteiger partial charge in [-0.05, 0) is 56.6 Å². The predicted octanol–water partition coefficient (Wildman–Crippen LogP) is 4.29. The van der Waals surface area contributed by atoms with Crippen molar-refractivity contribution in [2.24, 2.45) is 0 Å². The Labute approximate surface area is 178 Å². The highest BCUT2D eigenvalue weighted by atomic mass is 16.5. The second-order valence-electron chi connectivity index (χ2n) is 7.74. The maximum absolute atomic E-state index is 13.0. The van der Waals surface area contributed by atoms with Crippen LogP contribution in [0.3, 0.4) is 0 Å². The van der Waals surface area contributed by atoms with Crippen LogP contribution in [0.5, 0.6) is 5.75 Å². The third kappa shape index (κ3) is 4.26. The average Bonchev–Trinajstić information content (AvgIpc) is 3.42. The first-order valence-corrected chi connectivity index (χ1v) is 10.6. The molecule has 5 nitrogen and oxygen atoms in total. The zero-order chi connectivity index (χ0) is 20.9. The van der Waals surface area contributed by atoms with Crippen LogP contribution in [0, 0.1) is 6.92 Å². The van der Waals surface area contributed by atoms with Crippen molar-refractivity contribution >= 4 is 5.91 Å². The predicted molar refractivity (Wildman–Crippen MR) is 121 cm³/mol. The average molecular weight is 404 g/mol. The van der Waals surface area contributed by atoms with Gasteiger partial charge in [0.25, 0.3) is 5.91 Å². The van der Waals surface area contributed by atoms with E-state index in [0.29, 0.717) is 12.1 Å². The molecule has 156 valence electrons. The van der Waals surface area contributed by atoms with Crippen molar-refractivity contribution in [3.05, 3.63) is 71.9 Å². The number of hydrogen-bond donors (Lipinski definition) is 1. The zero-order valence-corrected chi connectivity index (χ0v) is 17.7. The molecule has 1 amide bonds. The van der Waals surface area contributed by atoms with Crippen LogP contribution in [-0.4, -0.2) is 48.7 Å². The van der Waals surface area contributed by atoms with Gasteiger partial charge >= 0.3 is 0 Å². The van der Waals surface area contributed by atoms with Crippen molar-refractivity contribution in [1.82, 2.24) is 14.8 Å². The summed E-state index contributed by atoms with van der Waals surface area (Å²) in [5.41, 5.74) is 4.66. The highest BCUT2D eigenvalue weighted by Crippen LogP contribution is 2.30. The summed E-state index contributed by atoms with van der Waals surface area (Å²) in [7, 11) is 1.67. The van der Waals surface area contributed by atoms with Crippen molar-refractivity contribution < 1.29 is 9.53 Å². The third-order valence-corrected chi connectivity index (χ3v) is 5.79. The number of ether oxygens (including phenoxy) is 1. The molecule has 0 atom stereocenters. The minimum Gasteiger partial charge on any atom is -0.497 e. The lowest BCUT2D eigenvalue weighted by atomic mass is 10.1. The number of amides is 1. The van der Waals surface area contributed by atoms with Crippen LogP contribution in [0.1, 0.15) is 28.9 Å². The monoisotopic (exact) mass is 403 g/mol. The van der Waals surface area contributed by atoms with Crippen LogP contribution in [0.4, 0.5) is 0 Å². The lowest BCUT2D eigenvalue weighted by Gasteiger charge is -2.15. The molecule has 1 aliphatic heterocycles. The fourth-order valence-electron chi connectivity index (χ4n) is 4.17. The van der Waals surface area contributed by atoms with Gasteiger partial charge in [-0.25, -0.2) is 0 Å². The summed E-state index contributed by atoms with van der Waals surface area (Å²) in [6.07, 6.45) is 2.52. The second kappa shape index (κ2) is 9.18. The van der Waals surface area contributed by atoms with Gasteiger partial charge in [0.1, 0.15) is 5.75 Å². The van der Waals surface area contributed by atoms with Gasteiger partial charge in [-0.3, -0.25) is 4.79 Å². The Balaban J connectivity index is 1.66. The van der Waals surface area contributed by atoms with E-state index in [-0.39, 0.29) is 5.91 Å². The Bertz CT molecular complexity index is 1000. The summed E-state index contributed by atoms with van der Waals surface area (Å²) < 4.78 is 7.55. The van der Waals surface area contributed by atoms with Crippen LogP contribution >= 0.6 is 0 Å². The molecule has 0 bridgehead atoms. The van der Waals surface area contributed by atoms with Gasteiger partial charge in [0.2, 0.25) is 0 Å². The van der Waals surface area contributed by atoms with Gasteiger partial charge < -0.3 is 19.5 Å². The standard InChI is InChI=1S/C25H29N3O2/c1-19-23(25(29)26-13-16-27-14-6-7-15-27)18-24(20-9-4-3-5-10-20)28(19)21-11-8-12-22(17-21)30-2/h3-5,8-12,17-18H,6-7,13-16H2,1-2H3,(H,26,29). The molecule has 2 aromatic carbocycles. The van der Waals surface area contributed by atoms with E-state index in [1.807, 2.05) is 55.5 Å². The van der Waals surface area contributed by atoms with Gasteiger partial charge in [-0.1, -0.05) is 36.4 Å². The topological polar surface area (TPSA) is 46.5 Å². The van der Waals surface area contributed by atoms with Gasteiger partial charge in [0.15, 0.2) is 0 Å². The number of carbonyl (C=O) groups excluding carboxylic acids is 1. The summed E-state index contributed by atoms with van der Waals surface area (Å²) in [5, 5.41) is 3.11. The Morgan fingerprint density at radius 2 is 1.80 bits per heavy atom. The summed E-state index contributed by atoms with van der Waals surface area (Å²) >= 11 is 0. The van der Waals surface area contributed by atoms with E-state index in [1.165, 1.54) is 12.8 Å². The lowest BCUT2D eigenvalue weighted by molar-refractivity contribution is 0.0949. The van der Waals surface area contributed by atoms with Crippen LogP contribution in [-0.2, 0) is 0 Å². The Kier molecular flexibility index (Phi) is 6.19. The molecule has 1 fully saturated rings. The quantitative estimate of drug-likeness (QED) is 0.640. The Morgan fingerprint density at radius 1 is 1.03 bits per heavy atom. The molecule has 30 heavy (non-hydrogen) atoms. The molecule has 0 saturated carbocycles. The molecule has 0 aliphatic carbocycles. The number of nitrogens with one attached hydrogen (secondary N) is 1. The van der Waals surface area contributed by atoms with Gasteiger partial charge in [0, 0.05) is 30.5 Å². The molecule has 3 aromatic rings. The Morgan fingerprint density at radius 3 is 2.53 bits per heavy atom. The van der Waals surface area contributed by atoms with E-state index < -0.39 is 0 Å². The number of likely N-dealkylation sites (tertiary alicyclic amines) is 1. The van der Waals surface area contributed by atoms with E-state index >= 15 is 0 Å². The third-order valence-electron chi connectivity index (χ3n) is 5.79. The minimum atomic E-state index is -0.0227. The highest BCUT2D eigenvalue weighted by molar-refractivity contribution is 5.97. The maximum atomic E-state index is 13.0. The van der Waals surface area contributed by atoms with E-state index in [4.69, 9.17) is 4.74 Å². The van der Waals surface area contributed by atoms with Crippen molar-refractivity contribution in [1.29, 1.82) is 0 Å². The van der Waals surface area contributed by atoms with Crippen molar-refractivity contribution in [2.45, 2.75) is 19.8 Å². The molecular formula is C25H29N3O2. The highest BCUT2D eigenvalue weighted by Gasteiger charge is 2.20. The van der Waals surface area contributed by atoms with Gasteiger partial charge in [0.05, 0.1) is 18.4 Å². The number of carbonyl (C=O) groups is 1. The smallest absolute Gasteiger partial charge is 0.253 e. The largest absolute Gasteiger partial charge is 0.497 e. The normalized spacial score (nSPS) is 14.1. The Hall–Kier alpha value is -3.05. The van der Waals surface area contributed by atoms with Crippen molar-refractivity contribution in [3.8, 4) is 22.7 Å². The van der Waals surface area contributed by atoms with Crippen molar-refractivity contribution in [2.75, 3.05) is 33.3 Å². The van der Waals surface area contributed by atoms with Crippen LogP contribution in [0.25, 0.3) is 16.9 Å². The first-order chi connectivity index (χ1) is 14.7. The first-order valence-electron chi connectivity index (χ1n) is 10.6. The molecule has 4 rings (SSSR count). The number of rotatable bonds is 7. The molecule has 1 aromatic heterocycles. The number of aromatic nitrogens is 1. The molecule has 0 spiro atoms. The van der Waals surface area contributed by atoms with Crippen LogP contribution in [0.15, 0.2) is 60.7 Å². The van der Waals surface area contributed by atoms with Crippen LogP contribution in [0.2, 0.25) is 0 Å². The van der Waals surface area contributed by atoms with Gasteiger partial charge in [-0.15, -0.1) is 0 Å². The van der Waals surface area contributed by atoms with Crippen molar-refractivity contribution in [3.63, 3.8) is 0 Å². The number of nitrogens with zero attached hydrogens (tertiary/aromatic N) is 2. The first kappa shape index (κ1) is 20.2. The number of methoxy groups -OCH3 is 1. The molecule has 2 heterocycles. The van der Waals surface area contributed by atoms with E-state index in [9.17, 15) is 4.79 Å². The molecular weight excluding hydrogens is 374 g/mol. The summed E-state index contributed by atoms with van der Waals surface area (Å²) in [4.78, 5) is 15.4. The molecule has 0 radical (unpaired) electrons. The molecule has 1 aliphatic rings. The SMILES string of the molecule is COc1cccc(-n2c(-c3ccccc3)cc(C(=O)NCCN3CCCC3)c2C)c1. The maximum Gasteiger partial charge on any atom is 0.253 e. The molecule has 1 N–H and O–H groups in total. The molecule has 1 saturated heterocycles.